The number of aryl methyl sites for hydroxylation is 2. The van der Waals surface area contributed by atoms with Crippen molar-refractivity contribution in [1.29, 1.82) is 0 Å². The minimum absolute atomic E-state index is 0.0731. The van der Waals surface area contributed by atoms with Crippen molar-refractivity contribution < 1.29 is 54.9 Å². The SMILES string of the molecule is CCN(CC)c1ccc(NC(=O)c2cccc(CCCOCCOCCOCCOCCC(=O)N3CCN(S(=O)(=O)c4ccc(C)cc4)CC3)c2)c(-c2cc(C(=O)NCc3cccc(C(F)(F)F)c3)ccn2)c1. The summed E-state index contributed by atoms with van der Waals surface area (Å²) in [6.45, 7) is 11.5. The number of anilines is 2. The van der Waals surface area contributed by atoms with Crippen molar-refractivity contribution in [2.75, 3.05) is 102 Å². The van der Waals surface area contributed by atoms with Gasteiger partial charge < -0.3 is 39.4 Å². The summed E-state index contributed by atoms with van der Waals surface area (Å²) in [6, 6.07) is 27.7. The van der Waals surface area contributed by atoms with Crippen molar-refractivity contribution in [3.8, 4) is 11.3 Å². The van der Waals surface area contributed by atoms with Crippen molar-refractivity contribution in [3.63, 3.8) is 0 Å². The van der Waals surface area contributed by atoms with Crippen LogP contribution in [0.2, 0.25) is 0 Å². The van der Waals surface area contributed by atoms with E-state index in [0.717, 1.165) is 48.5 Å². The number of amides is 3. The van der Waals surface area contributed by atoms with Crippen LogP contribution in [0.1, 0.15) is 69.7 Å². The van der Waals surface area contributed by atoms with Gasteiger partial charge in [-0.25, -0.2) is 8.42 Å². The molecule has 19 heteroatoms. The summed E-state index contributed by atoms with van der Waals surface area (Å²) in [4.78, 5) is 48.3. The zero-order valence-corrected chi connectivity index (χ0v) is 42.4. The average Bonchev–Trinajstić information content (AvgIpc) is 3.39. The van der Waals surface area contributed by atoms with Crippen LogP contribution < -0.4 is 15.5 Å². The van der Waals surface area contributed by atoms with Crippen LogP contribution in [0, 0.1) is 6.92 Å². The number of nitrogens with zero attached hydrogens (tertiary/aromatic N) is 4. The van der Waals surface area contributed by atoms with Gasteiger partial charge in [-0.3, -0.25) is 19.4 Å². The number of rotatable bonds is 27. The highest BCUT2D eigenvalue weighted by atomic mass is 32.2. The molecule has 0 spiro atoms. The lowest BCUT2D eigenvalue weighted by molar-refractivity contribution is -0.137. The Morgan fingerprint density at radius 1 is 0.699 bits per heavy atom. The number of carbonyl (C=O) groups is 3. The van der Waals surface area contributed by atoms with Crippen LogP contribution in [0.3, 0.4) is 0 Å². The highest BCUT2D eigenvalue weighted by Gasteiger charge is 2.31. The van der Waals surface area contributed by atoms with E-state index in [4.69, 9.17) is 18.9 Å². The maximum Gasteiger partial charge on any atom is 0.416 e. The van der Waals surface area contributed by atoms with Crippen molar-refractivity contribution in [1.82, 2.24) is 19.5 Å². The predicted octanol–water partition coefficient (Wildman–Crippen LogP) is 8.03. The second kappa shape index (κ2) is 27.7. The number of piperazine rings is 1. The van der Waals surface area contributed by atoms with Crippen LogP contribution in [-0.4, -0.2) is 132 Å². The number of hydrogen-bond donors (Lipinski definition) is 2. The Hall–Kier alpha value is -6.22. The van der Waals surface area contributed by atoms with Gasteiger partial charge in [0.25, 0.3) is 11.8 Å². The first-order valence-corrected chi connectivity index (χ1v) is 26.0. The fourth-order valence-electron chi connectivity index (χ4n) is 8.06. The molecular weight excluding hydrogens is 966 g/mol. The quantitative estimate of drug-likeness (QED) is 0.0489. The lowest BCUT2D eigenvalue weighted by atomic mass is 10.0. The van der Waals surface area contributed by atoms with Crippen molar-refractivity contribution >= 4 is 39.1 Å². The molecule has 5 aromatic rings. The van der Waals surface area contributed by atoms with Gasteiger partial charge in [-0.1, -0.05) is 42.0 Å². The molecule has 0 unspecified atom stereocenters. The Labute approximate surface area is 426 Å². The molecule has 0 saturated carbocycles. The Bertz CT molecular complexity index is 2700. The molecule has 2 N–H and O–H groups in total. The summed E-state index contributed by atoms with van der Waals surface area (Å²) in [5.74, 6) is -0.894. The van der Waals surface area contributed by atoms with Crippen molar-refractivity contribution in [2.45, 2.75) is 57.7 Å². The summed E-state index contributed by atoms with van der Waals surface area (Å²) in [7, 11) is -3.59. The molecule has 0 radical (unpaired) electrons. The first-order chi connectivity index (χ1) is 35.2. The summed E-state index contributed by atoms with van der Waals surface area (Å²) in [5.41, 5.74) is 4.56. The van der Waals surface area contributed by atoms with E-state index < -0.39 is 27.7 Å². The molecule has 1 aliphatic rings. The molecular formula is C54H65F3N6O9S. The molecule has 3 amide bonds. The maximum absolute atomic E-state index is 13.7. The number of pyridine rings is 1. The predicted molar refractivity (Wildman–Crippen MR) is 273 cm³/mol. The summed E-state index contributed by atoms with van der Waals surface area (Å²) < 4.78 is 89.6. The molecule has 0 bridgehead atoms. The normalized spacial score (nSPS) is 13.2. The van der Waals surface area contributed by atoms with E-state index in [0.29, 0.717) is 93.8 Å². The molecule has 1 fully saturated rings. The number of benzene rings is 4. The Balaban J connectivity index is 0.858. The third-order valence-electron chi connectivity index (χ3n) is 12.2. The largest absolute Gasteiger partial charge is 0.416 e. The van der Waals surface area contributed by atoms with Crippen LogP contribution in [0.15, 0.2) is 114 Å². The average molecular weight is 1030 g/mol. The molecule has 392 valence electrons. The lowest BCUT2D eigenvalue weighted by Gasteiger charge is -2.34. The number of nitrogens with one attached hydrogen (secondary N) is 2. The van der Waals surface area contributed by atoms with Gasteiger partial charge in [0, 0.05) is 81.0 Å². The summed E-state index contributed by atoms with van der Waals surface area (Å²) >= 11 is 0. The van der Waals surface area contributed by atoms with Gasteiger partial charge in [0.15, 0.2) is 0 Å². The Morgan fingerprint density at radius 2 is 1.33 bits per heavy atom. The third kappa shape index (κ3) is 16.9. The number of alkyl halides is 3. The maximum atomic E-state index is 13.7. The molecule has 0 atom stereocenters. The lowest BCUT2D eigenvalue weighted by Crippen LogP contribution is -2.50. The summed E-state index contributed by atoms with van der Waals surface area (Å²) in [5, 5.41) is 5.74. The van der Waals surface area contributed by atoms with Gasteiger partial charge in [0.2, 0.25) is 15.9 Å². The molecule has 1 aliphatic heterocycles. The minimum Gasteiger partial charge on any atom is -0.379 e. The van der Waals surface area contributed by atoms with E-state index in [-0.39, 0.29) is 54.9 Å². The van der Waals surface area contributed by atoms with Crippen LogP contribution in [0.4, 0.5) is 24.5 Å². The molecule has 73 heavy (non-hydrogen) atoms. The van der Waals surface area contributed by atoms with Crippen molar-refractivity contribution in [3.05, 3.63) is 143 Å². The highest BCUT2D eigenvalue weighted by molar-refractivity contribution is 7.89. The van der Waals surface area contributed by atoms with Crippen LogP contribution in [-0.2, 0) is 52.9 Å². The van der Waals surface area contributed by atoms with Gasteiger partial charge in [-0.15, -0.1) is 0 Å². The Morgan fingerprint density at radius 3 is 2.00 bits per heavy atom. The number of hydrogen-bond acceptors (Lipinski definition) is 11. The van der Waals surface area contributed by atoms with Gasteiger partial charge >= 0.3 is 6.18 Å². The highest BCUT2D eigenvalue weighted by Crippen LogP contribution is 2.33. The molecule has 6 rings (SSSR count). The Kier molecular flexibility index (Phi) is 21.3. The monoisotopic (exact) mass is 1030 g/mol. The molecule has 0 aliphatic carbocycles. The zero-order valence-electron chi connectivity index (χ0n) is 41.6. The summed E-state index contributed by atoms with van der Waals surface area (Å²) in [6.07, 6.45) is -1.41. The number of aromatic nitrogens is 1. The van der Waals surface area contributed by atoms with E-state index in [1.807, 2.05) is 57.2 Å². The minimum atomic E-state index is -4.50. The van der Waals surface area contributed by atoms with Gasteiger partial charge in [-0.05, 0) is 111 Å². The molecule has 1 aromatic heterocycles. The molecule has 2 heterocycles. The van der Waals surface area contributed by atoms with E-state index in [2.05, 4.69) is 20.5 Å². The standard InChI is InChI=1S/C54H65F3N6O9S/c1-4-61(5-2)46-16-19-49(48(38-46)50-37-44(20-22-58-50)52(65)59-39-42-10-7-13-45(36-42)54(55,56)57)60-53(66)43-12-6-9-41(35-43)11-8-27-69-29-31-71-33-34-72-32-30-70-28-21-51(64)62-23-25-63(26-24-62)73(67,68)47-17-14-40(3)15-18-47/h6-7,9-10,12-20,22,35-38H,4-5,8,11,21,23-34,39H2,1-3H3,(H,59,65)(H,60,66). The fraction of sp³-hybridized carbons (Fsp3) is 0.407. The molecule has 4 aromatic carbocycles. The smallest absolute Gasteiger partial charge is 0.379 e. The number of ether oxygens (including phenoxy) is 4. The van der Waals surface area contributed by atoms with Crippen LogP contribution in [0.5, 0.6) is 0 Å². The van der Waals surface area contributed by atoms with E-state index in [1.54, 1.807) is 41.3 Å². The van der Waals surface area contributed by atoms with Gasteiger partial charge in [0.05, 0.1) is 74.5 Å². The topological polar surface area (TPSA) is 169 Å². The molecule has 15 nitrogen and oxygen atoms in total. The number of carbonyl (C=O) groups excluding carboxylic acids is 3. The van der Waals surface area contributed by atoms with Crippen LogP contribution >= 0.6 is 0 Å². The van der Waals surface area contributed by atoms with E-state index in [9.17, 15) is 36.0 Å². The van der Waals surface area contributed by atoms with Crippen molar-refractivity contribution in [2.24, 2.45) is 0 Å². The molecule has 1 saturated heterocycles. The van der Waals surface area contributed by atoms with E-state index in [1.165, 1.54) is 28.7 Å². The number of halogens is 3. The first kappa shape index (κ1) is 56.1. The van der Waals surface area contributed by atoms with E-state index >= 15 is 0 Å². The van der Waals surface area contributed by atoms with Crippen LogP contribution in [0.25, 0.3) is 11.3 Å². The van der Waals surface area contributed by atoms with Gasteiger partial charge in [-0.2, -0.15) is 17.5 Å². The van der Waals surface area contributed by atoms with Gasteiger partial charge in [0.1, 0.15) is 0 Å². The third-order valence-corrected chi connectivity index (χ3v) is 14.1. The second-order valence-corrected chi connectivity index (χ2v) is 19.2. The fourth-order valence-corrected chi connectivity index (χ4v) is 9.48. The second-order valence-electron chi connectivity index (χ2n) is 17.3. The first-order valence-electron chi connectivity index (χ1n) is 24.5. The zero-order chi connectivity index (χ0) is 52.2. The number of sulfonamides is 1.